The monoisotopic (exact) mass is 312 g/mol. The topological polar surface area (TPSA) is 52.6 Å². The molecular weight excluding hydrogens is 302 g/mol. The van der Waals surface area contributed by atoms with Gasteiger partial charge in [-0.25, -0.2) is 17.2 Å². The number of ether oxygens (including phenoxy) is 2. The maximum absolute atomic E-state index is 13.7. The van der Waals surface area contributed by atoms with Crippen LogP contribution in [0.15, 0.2) is 17.0 Å². The second-order valence-electron chi connectivity index (χ2n) is 4.08. The van der Waals surface area contributed by atoms with Gasteiger partial charge in [0, 0.05) is 29.6 Å². The first-order chi connectivity index (χ1) is 8.88. The molecule has 1 fully saturated rings. The fraction of sp³-hybridized carbons (Fsp3) is 0.455. The van der Waals surface area contributed by atoms with Crippen molar-refractivity contribution in [3.05, 3.63) is 23.8 Å². The van der Waals surface area contributed by atoms with Gasteiger partial charge in [0.25, 0.3) is 9.05 Å². The van der Waals surface area contributed by atoms with E-state index in [1.807, 2.05) is 0 Å². The van der Waals surface area contributed by atoms with Gasteiger partial charge in [0.15, 0.2) is 11.6 Å². The van der Waals surface area contributed by atoms with Gasteiger partial charge in [0.2, 0.25) is 0 Å². The third-order valence-corrected chi connectivity index (χ3v) is 4.02. The Bertz CT molecular complexity index is 570. The number of hydrogen-bond donors (Lipinski definition) is 0. The molecule has 19 heavy (non-hydrogen) atoms. The second kappa shape index (κ2) is 5.60. The molecule has 1 saturated heterocycles. The fourth-order valence-corrected chi connectivity index (χ4v) is 2.76. The zero-order valence-electron chi connectivity index (χ0n) is 9.74. The summed E-state index contributed by atoms with van der Waals surface area (Å²) in [6.45, 7) is 0.882. The van der Waals surface area contributed by atoms with E-state index >= 15 is 0 Å². The summed E-state index contributed by atoms with van der Waals surface area (Å²) in [6.07, 6.45) is 0.614. The Labute approximate surface area is 113 Å². The van der Waals surface area contributed by atoms with Crippen molar-refractivity contribution < 1.29 is 26.7 Å². The molecule has 0 aliphatic carbocycles. The van der Waals surface area contributed by atoms with Crippen LogP contribution >= 0.6 is 10.7 Å². The van der Waals surface area contributed by atoms with E-state index in [0.29, 0.717) is 38.2 Å². The quantitative estimate of drug-likeness (QED) is 0.805. The average molecular weight is 313 g/mol. The van der Waals surface area contributed by atoms with Gasteiger partial charge in [-0.15, -0.1) is 0 Å². The molecule has 0 unspecified atom stereocenters. The molecule has 106 valence electrons. The minimum absolute atomic E-state index is 0.383. The van der Waals surface area contributed by atoms with Crippen LogP contribution in [0.4, 0.5) is 8.78 Å². The lowest BCUT2D eigenvalue weighted by atomic mass is 10.1. The molecule has 0 atom stereocenters. The number of benzene rings is 1. The van der Waals surface area contributed by atoms with E-state index in [2.05, 4.69) is 0 Å². The largest absolute Gasteiger partial charge is 0.486 e. The van der Waals surface area contributed by atoms with Crippen LogP contribution in [0.3, 0.4) is 0 Å². The highest BCUT2D eigenvalue weighted by atomic mass is 35.7. The van der Waals surface area contributed by atoms with E-state index in [1.165, 1.54) is 0 Å². The van der Waals surface area contributed by atoms with Crippen LogP contribution in [0.1, 0.15) is 12.8 Å². The number of hydrogen-bond acceptors (Lipinski definition) is 4. The Morgan fingerprint density at radius 3 is 2.47 bits per heavy atom. The van der Waals surface area contributed by atoms with Gasteiger partial charge in [-0.2, -0.15) is 0 Å². The summed E-state index contributed by atoms with van der Waals surface area (Å²) in [5.74, 6) is -2.66. The SMILES string of the molecule is O=S(=O)(Cl)c1cc(F)cc(F)c1OC1CCOCC1. The van der Waals surface area contributed by atoms with Crippen LogP contribution < -0.4 is 4.74 Å². The molecule has 1 heterocycles. The summed E-state index contributed by atoms with van der Waals surface area (Å²) in [6, 6.07) is 1.19. The standard InChI is InChI=1S/C11H11ClF2O4S/c12-19(15,16)10-6-7(13)5-9(14)11(10)18-8-1-3-17-4-2-8/h5-6,8H,1-4H2. The summed E-state index contributed by atoms with van der Waals surface area (Å²) < 4.78 is 59.8. The predicted molar refractivity (Wildman–Crippen MR) is 63.9 cm³/mol. The molecule has 1 aliphatic heterocycles. The van der Waals surface area contributed by atoms with E-state index in [0.717, 1.165) is 0 Å². The van der Waals surface area contributed by atoms with Gasteiger partial charge in [-0.1, -0.05) is 0 Å². The van der Waals surface area contributed by atoms with Crippen LogP contribution in [0.25, 0.3) is 0 Å². The lowest BCUT2D eigenvalue weighted by molar-refractivity contribution is 0.0227. The predicted octanol–water partition coefficient (Wildman–Crippen LogP) is 2.45. The van der Waals surface area contributed by atoms with Crippen LogP contribution in [-0.4, -0.2) is 27.7 Å². The van der Waals surface area contributed by atoms with Crippen LogP contribution in [0.2, 0.25) is 0 Å². The van der Waals surface area contributed by atoms with Gasteiger partial charge in [0.05, 0.1) is 13.2 Å². The van der Waals surface area contributed by atoms with E-state index in [-0.39, 0.29) is 6.10 Å². The summed E-state index contributed by atoms with van der Waals surface area (Å²) in [5, 5.41) is 0. The highest BCUT2D eigenvalue weighted by molar-refractivity contribution is 8.13. The number of rotatable bonds is 3. The van der Waals surface area contributed by atoms with E-state index in [4.69, 9.17) is 20.2 Å². The molecule has 0 N–H and O–H groups in total. The van der Waals surface area contributed by atoms with Crippen molar-refractivity contribution in [1.29, 1.82) is 0 Å². The highest BCUT2D eigenvalue weighted by Crippen LogP contribution is 2.32. The Kier molecular flexibility index (Phi) is 4.27. The first kappa shape index (κ1) is 14.5. The maximum atomic E-state index is 13.7. The van der Waals surface area contributed by atoms with Gasteiger partial charge in [0.1, 0.15) is 16.8 Å². The summed E-state index contributed by atoms with van der Waals surface area (Å²) in [5.41, 5.74) is 0. The molecule has 8 heteroatoms. The zero-order chi connectivity index (χ0) is 14.0. The van der Waals surface area contributed by atoms with Crippen LogP contribution in [0.5, 0.6) is 5.75 Å². The van der Waals surface area contributed by atoms with Gasteiger partial charge >= 0.3 is 0 Å². The summed E-state index contributed by atoms with van der Waals surface area (Å²) >= 11 is 0. The third-order valence-electron chi connectivity index (χ3n) is 2.69. The fourth-order valence-electron chi connectivity index (χ4n) is 1.79. The van der Waals surface area contributed by atoms with Crippen LogP contribution in [0, 0.1) is 11.6 Å². The summed E-state index contributed by atoms with van der Waals surface area (Å²) in [4.78, 5) is -0.696. The first-order valence-electron chi connectivity index (χ1n) is 5.56. The Hall–Kier alpha value is -0.920. The number of halogens is 3. The maximum Gasteiger partial charge on any atom is 0.265 e. The van der Waals surface area contributed by atoms with Crippen LogP contribution in [-0.2, 0) is 13.8 Å². The zero-order valence-corrected chi connectivity index (χ0v) is 11.3. The normalized spacial score (nSPS) is 17.4. The van der Waals surface area contributed by atoms with Gasteiger partial charge < -0.3 is 9.47 Å². The molecule has 2 rings (SSSR count). The molecule has 0 bridgehead atoms. The first-order valence-corrected chi connectivity index (χ1v) is 7.87. The molecule has 4 nitrogen and oxygen atoms in total. The van der Waals surface area contributed by atoms with Crippen molar-refractivity contribution in [2.24, 2.45) is 0 Å². The lowest BCUT2D eigenvalue weighted by Crippen LogP contribution is -2.26. The average Bonchev–Trinajstić information content (AvgIpc) is 2.32. The highest BCUT2D eigenvalue weighted by Gasteiger charge is 2.25. The van der Waals surface area contributed by atoms with Gasteiger partial charge in [-0.05, 0) is 6.07 Å². The molecule has 1 aliphatic rings. The van der Waals surface area contributed by atoms with Crippen molar-refractivity contribution in [3.63, 3.8) is 0 Å². The van der Waals surface area contributed by atoms with Crippen molar-refractivity contribution >= 4 is 19.7 Å². The molecule has 1 aromatic carbocycles. The minimum Gasteiger partial charge on any atom is -0.486 e. The Balaban J connectivity index is 2.37. The second-order valence-corrected chi connectivity index (χ2v) is 6.62. The Morgan fingerprint density at radius 2 is 1.89 bits per heavy atom. The molecular formula is C11H11ClF2O4S. The van der Waals surface area contributed by atoms with E-state index in [1.54, 1.807) is 0 Å². The van der Waals surface area contributed by atoms with Crippen molar-refractivity contribution in [3.8, 4) is 5.75 Å². The lowest BCUT2D eigenvalue weighted by Gasteiger charge is -2.24. The van der Waals surface area contributed by atoms with Crippen molar-refractivity contribution in [2.75, 3.05) is 13.2 Å². The van der Waals surface area contributed by atoms with Gasteiger partial charge in [-0.3, -0.25) is 0 Å². The van der Waals surface area contributed by atoms with Crippen molar-refractivity contribution in [2.45, 2.75) is 23.8 Å². The molecule has 0 radical (unpaired) electrons. The molecule has 0 saturated carbocycles. The molecule has 0 spiro atoms. The van der Waals surface area contributed by atoms with Crippen molar-refractivity contribution in [1.82, 2.24) is 0 Å². The smallest absolute Gasteiger partial charge is 0.265 e. The van der Waals surface area contributed by atoms with E-state index in [9.17, 15) is 17.2 Å². The van der Waals surface area contributed by atoms with E-state index < -0.39 is 31.3 Å². The third kappa shape index (κ3) is 3.55. The Morgan fingerprint density at radius 1 is 1.26 bits per heavy atom. The molecule has 0 aromatic heterocycles. The summed E-state index contributed by atoms with van der Waals surface area (Å²) in [7, 11) is 0.866. The minimum atomic E-state index is -4.29. The molecule has 0 amide bonds. The molecule has 1 aromatic rings.